The Hall–Kier alpha value is -2.67. The number of hydrogen-bond acceptors (Lipinski definition) is 4. The molecule has 0 spiro atoms. The Kier molecular flexibility index (Phi) is 5.99. The van der Waals surface area contributed by atoms with Crippen LogP contribution in [0.25, 0.3) is 15.9 Å². The number of carbonyl (C=O) groups excluding carboxylic acids is 1. The first kappa shape index (κ1) is 22.1. The molecule has 170 valence electrons. The molecule has 1 aliphatic heterocycles. The summed E-state index contributed by atoms with van der Waals surface area (Å²) in [6.07, 6.45) is 0. The molecule has 5 nitrogen and oxygen atoms in total. The zero-order valence-corrected chi connectivity index (χ0v) is 20.7. The summed E-state index contributed by atoms with van der Waals surface area (Å²) in [5.74, 6) is 0.115. The van der Waals surface area contributed by atoms with Crippen molar-refractivity contribution < 1.29 is 4.79 Å². The van der Waals surface area contributed by atoms with Gasteiger partial charge in [-0.05, 0) is 62.2 Å². The molecule has 1 fully saturated rings. The van der Waals surface area contributed by atoms with Crippen LogP contribution in [0.5, 0.6) is 0 Å². The van der Waals surface area contributed by atoms with Gasteiger partial charge in [-0.25, -0.2) is 4.68 Å². The maximum absolute atomic E-state index is 13.3. The van der Waals surface area contributed by atoms with E-state index in [2.05, 4.69) is 42.0 Å². The first-order chi connectivity index (χ1) is 15.9. The monoisotopic (exact) mass is 478 g/mol. The molecule has 1 amide bonds. The number of piperazine rings is 1. The van der Waals surface area contributed by atoms with Gasteiger partial charge in [0.25, 0.3) is 5.91 Å². The molecule has 7 heteroatoms. The number of nitrogens with zero attached hydrogens (tertiary/aromatic N) is 4. The third kappa shape index (κ3) is 4.43. The highest BCUT2D eigenvalue weighted by Crippen LogP contribution is 2.31. The summed E-state index contributed by atoms with van der Waals surface area (Å²) in [6, 6.07) is 16.3. The zero-order chi connectivity index (χ0) is 23.1. The van der Waals surface area contributed by atoms with Crippen LogP contribution in [0.4, 0.5) is 0 Å². The van der Waals surface area contributed by atoms with Gasteiger partial charge in [-0.3, -0.25) is 9.69 Å². The van der Waals surface area contributed by atoms with Crippen molar-refractivity contribution in [3.8, 4) is 5.69 Å². The molecule has 5 rings (SSSR count). The van der Waals surface area contributed by atoms with Crippen LogP contribution in [0.15, 0.2) is 48.5 Å². The van der Waals surface area contributed by atoms with Gasteiger partial charge in [0.2, 0.25) is 0 Å². The Morgan fingerprint density at radius 3 is 2.42 bits per heavy atom. The number of amides is 1. The minimum Gasteiger partial charge on any atom is -0.335 e. The van der Waals surface area contributed by atoms with E-state index in [0.717, 1.165) is 59.2 Å². The number of halogens is 1. The van der Waals surface area contributed by atoms with Crippen molar-refractivity contribution in [3.63, 3.8) is 0 Å². The Morgan fingerprint density at radius 1 is 1.00 bits per heavy atom. The van der Waals surface area contributed by atoms with E-state index >= 15 is 0 Å². The molecule has 33 heavy (non-hydrogen) atoms. The van der Waals surface area contributed by atoms with Crippen molar-refractivity contribution in [2.45, 2.75) is 27.3 Å². The quantitative estimate of drug-likeness (QED) is 0.382. The fraction of sp³-hybridized carbons (Fsp3) is 0.308. The van der Waals surface area contributed by atoms with E-state index in [1.165, 1.54) is 28.0 Å². The lowest BCUT2D eigenvalue weighted by atomic mass is 10.1. The number of fused-ring (bicyclic) bond motifs is 1. The smallest absolute Gasteiger partial charge is 0.264 e. The largest absolute Gasteiger partial charge is 0.335 e. The van der Waals surface area contributed by atoms with Gasteiger partial charge in [-0.2, -0.15) is 5.10 Å². The van der Waals surface area contributed by atoms with E-state index in [-0.39, 0.29) is 5.91 Å². The molecule has 0 atom stereocenters. The number of aromatic nitrogens is 2. The molecular weight excluding hydrogens is 452 g/mol. The zero-order valence-electron chi connectivity index (χ0n) is 19.1. The van der Waals surface area contributed by atoms with Gasteiger partial charge in [0.1, 0.15) is 4.83 Å². The Bertz CT molecular complexity index is 1320. The van der Waals surface area contributed by atoms with Gasteiger partial charge in [0, 0.05) is 43.1 Å². The molecule has 2 aromatic heterocycles. The van der Waals surface area contributed by atoms with E-state index < -0.39 is 0 Å². The van der Waals surface area contributed by atoms with Crippen molar-refractivity contribution in [1.82, 2.24) is 19.6 Å². The molecule has 0 radical (unpaired) electrons. The average Bonchev–Trinajstić information content (AvgIpc) is 3.37. The van der Waals surface area contributed by atoms with E-state index in [1.54, 1.807) is 0 Å². The highest BCUT2D eigenvalue weighted by atomic mass is 35.5. The number of carbonyl (C=O) groups is 1. The van der Waals surface area contributed by atoms with Crippen molar-refractivity contribution in [2.24, 2.45) is 0 Å². The average molecular weight is 479 g/mol. The second-order valence-corrected chi connectivity index (χ2v) is 10.3. The molecule has 0 N–H and O–H groups in total. The first-order valence-electron chi connectivity index (χ1n) is 11.2. The van der Waals surface area contributed by atoms with Crippen molar-refractivity contribution in [2.75, 3.05) is 26.2 Å². The summed E-state index contributed by atoms with van der Waals surface area (Å²) in [4.78, 5) is 19.5. The van der Waals surface area contributed by atoms with Gasteiger partial charge < -0.3 is 4.90 Å². The van der Waals surface area contributed by atoms with Crippen LogP contribution in [0.3, 0.4) is 0 Å². The third-order valence-corrected chi connectivity index (χ3v) is 7.73. The summed E-state index contributed by atoms with van der Waals surface area (Å²) < 4.78 is 1.91. The molecule has 0 aliphatic carbocycles. The lowest BCUT2D eigenvalue weighted by molar-refractivity contribution is 0.0633. The number of rotatable bonds is 4. The predicted octanol–water partition coefficient (Wildman–Crippen LogP) is 5.62. The number of benzene rings is 2. The normalized spacial score (nSPS) is 14.8. The topological polar surface area (TPSA) is 41.4 Å². The Morgan fingerprint density at radius 2 is 1.73 bits per heavy atom. The molecule has 0 bridgehead atoms. The second-order valence-electron chi connectivity index (χ2n) is 8.80. The lowest BCUT2D eigenvalue weighted by Gasteiger charge is -2.34. The summed E-state index contributed by atoms with van der Waals surface area (Å²) in [5, 5.41) is 6.40. The summed E-state index contributed by atoms with van der Waals surface area (Å²) in [7, 11) is 0. The predicted molar refractivity (Wildman–Crippen MR) is 136 cm³/mol. The van der Waals surface area contributed by atoms with E-state index in [9.17, 15) is 4.79 Å². The summed E-state index contributed by atoms with van der Waals surface area (Å²) in [5.41, 5.74) is 5.87. The highest BCUT2D eigenvalue weighted by molar-refractivity contribution is 7.20. The van der Waals surface area contributed by atoms with E-state index in [4.69, 9.17) is 11.6 Å². The molecule has 3 heterocycles. The molecule has 4 aromatic rings. The van der Waals surface area contributed by atoms with Gasteiger partial charge in [-0.15, -0.1) is 11.3 Å². The van der Waals surface area contributed by atoms with Gasteiger partial charge in [0.05, 0.1) is 16.3 Å². The van der Waals surface area contributed by atoms with Crippen molar-refractivity contribution in [1.29, 1.82) is 0 Å². The fourth-order valence-corrected chi connectivity index (χ4v) is 5.72. The molecule has 0 saturated carbocycles. The third-order valence-electron chi connectivity index (χ3n) is 6.38. The molecule has 1 aliphatic rings. The first-order valence-corrected chi connectivity index (χ1v) is 12.4. The van der Waals surface area contributed by atoms with Crippen molar-refractivity contribution in [3.05, 3.63) is 80.8 Å². The summed E-state index contributed by atoms with van der Waals surface area (Å²) >= 11 is 7.56. The number of hydrogen-bond donors (Lipinski definition) is 0. The Labute approximate surface area is 203 Å². The highest BCUT2D eigenvalue weighted by Gasteiger charge is 2.25. The standard InChI is InChI=1S/C26H27ClN4OS/c1-17-4-5-20(18(2)14-17)16-29-10-12-30(13-11-29)25(32)24-15-23-19(3)28-31(26(23)33-24)22-8-6-21(27)7-9-22/h4-9,14-15H,10-13,16H2,1-3H3. The lowest BCUT2D eigenvalue weighted by Crippen LogP contribution is -2.48. The van der Waals surface area contributed by atoms with Crippen LogP contribution >= 0.6 is 22.9 Å². The molecule has 1 saturated heterocycles. The fourth-order valence-electron chi connectivity index (χ4n) is 4.44. The minimum atomic E-state index is 0.115. The minimum absolute atomic E-state index is 0.115. The maximum Gasteiger partial charge on any atom is 0.264 e. The van der Waals surface area contributed by atoms with Crippen LogP contribution in [-0.2, 0) is 6.54 Å². The van der Waals surface area contributed by atoms with Crippen LogP contribution < -0.4 is 0 Å². The van der Waals surface area contributed by atoms with Crippen LogP contribution in [0, 0.1) is 20.8 Å². The number of aryl methyl sites for hydroxylation is 3. The molecular formula is C26H27ClN4OS. The SMILES string of the molecule is Cc1ccc(CN2CCN(C(=O)c3cc4c(C)nn(-c5ccc(Cl)cc5)c4s3)CC2)c(C)c1. The molecule has 2 aromatic carbocycles. The summed E-state index contributed by atoms with van der Waals surface area (Å²) in [6.45, 7) is 10.5. The van der Waals surface area contributed by atoms with Crippen LogP contribution in [-0.4, -0.2) is 51.7 Å². The van der Waals surface area contributed by atoms with Gasteiger partial charge in [0.15, 0.2) is 0 Å². The van der Waals surface area contributed by atoms with E-state index in [1.807, 2.05) is 46.8 Å². The van der Waals surface area contributed by atoms with Crippen molar-refractivity contribution >= 4 is 39.1 Å². The second kappa shape index (κ2) is 8.93. The van der Waals surface area contributed by atoms with Crippen LogP contribution in [0.2, 0.25) is 5.02 Å². The number of thiophene rings is 1. The van der Waals surface area contributed by atoms with Gasteiger partial charge in [-0.1, -0.05) is 35.4 Å². The maximum atomic E-state index is 13.3. The van der Waals surface area contributed by atoms with Gasteiger partial charge >= 0.3 is 0 Å². The Balaban J connectivity index is 1.29. The van der Waals surface area contributed by atoms with Crippen LogP contribution in [0.1, 0.15) is 32.1 Å². The van der Waals surface area contributed by atoms with E-state index in [0.29, 0.717) is 5.02 Å². The molecule has 0 unspecified atom stereocenters.